The van der Waals surface area contributed by atoms with E-state index < -0.39 is 0 Å². The second-order valence-corrected chi connectivity index (χ2v) is 7.03. The molecule has 2 rings (SSSR count). The van der Waals surface area contributed by atoms with Gasteiger partial charge in [0.1, 0.15) is 0 Å². The highest BCUT2D eigenvalue weighted by Gasteiger charge is 2.16. The molecule has 0 amide bonds. The lowest BCUT2D eigenvalue weighted by Gasteiger charge is -2.19. The van der Waals surface area contributed by atoms with Crippen molar-refractivity contribution in [3.63, 3.8) is 0 Å². The molecule has 0 atom stereocenters. The third kappa shape index (κ3) is 4.41. The van der Waals surface area contributed by atoms with Gasteiger partial charge in [0.2, 0.25) is 0 Å². The quantitative estimate of drug-likeness (QED) is 0.558. The molecule has 2 aromatic carbocycles. The summed E-state index contributed by atoms with van der Waals surface area (Å²) < 4.78 is 12.2. The molecule has 24 heavy (non-hydrogen) atoms. The topological polar surface area (TPSA) is 50.7 Å². The number of hydrogen-bond acceptors (Lipinski definition) is 4. The van der Waals surface area contributed by atoms with E-state index in [0.717, 1.165) is 10.0 Å². The predicted molar refractivity (Wildman–Crippen MR) is 102 cm³/mol. The SMILES string of the molecule is COc1ccc(Br)c(CNc2cc(Cl)c(O)c(Cl)c2)c1OC(C)C. The van der Waals surface area contributed by atoms with E-state index in [9.17, 15) is 5.11 Å². The zero-order valence-corrected chi connectivity index (χ0v) is 16.6. The average molecular weight is 435 g/mol. The number of anilines is 1. The van der Waals surface area contributed by atoms with E-state index in [1.807, 2.05) is 26.0 Å². The number of phenols is 1. The van der Waals surface area contributed by atoms with Crippen molar-refractivity contribution in [2.75, 3.05) is 12.4 Å². The van der Waals surface area contributed by atoms with Gasteiger partial charge >= 0.3 is 0 Å². The van der Waals surface area contributed by atoms with Gasteiger partial charge in [0.05, 0.1) is 23.3 Å². The molecule has 0 aliphatic carbocycles. The van der Waals surface area contributed by atoms with Gasteiger partial charge in [-0.3, -0.25) is 0 Å². The average Bonchev–Trinajstić information content (AvgIpc) is 2.51. The van der Waals surface area contributed by atoms with Crippen LogP contribution in [-0.4, -0.2) is 18.3 Å². The molecule has 0 fully saturated rings. The minimum Gasteiger partial charge on any atom is -0.505 e. The summed E-state index contributed by atoms with van der Waals surface area (Å²) in [5.41, 5.74) is 1.59. The molecule has 2 aromatic rings. The molecule has 4 nitrogen and oxygen atoms in total. The maximum absolute atomic E-state index is 9.64. The first-order valence-electron chi connectivity index (χ1n) is 7.27. The van der Waals surface area contributed by atoms with Gasteiger partial charge < -0.3 is 19.9 Å². The largest absolute Gasteiger partial charge is 0.505 e. The lowest BCUT2D eigenvalue weighted by Crippen LogP contribution is -2.11. The minimum absolute atomic E-state index is 0.00418. The van der Waals surface area contributed by atoms with Gasteiger partial charge in [0.15, 0.2) is 17.2 Å². The predicted octanol–water partition coefficient (Wildman–Crippen LogP) is 5.87. The Labute approximate surface area is 159 Å². The molecule has 0 aliphatic heterocycles. The standard InChI is InChI=1S/C17H18BrCl2NO3/c1-9(2)24-17-11(12(18)4-5-15(17)23-3)8-21-10-6-13(19)16(22)14(20)7-10/h4-7,9,21-22H,8H2,1-3H3. The van der Waals surface area contributed by atoms with Gasteiger partial charge in [-0.15, -0.1) is 0 Å². The minimum atomic E-state index is -0.129. The molecular weight excluding hydrogens is 417 g/mol. The van der Waals surface area contributed by atoms with Gasteiger partial charge in [-0.05, 0) is 38.1 Å². The highest BCUT2D eigenvalue weighted by atomic mass is 79.9. The van der Waals surface area contributed by atoms with Gasteiger partial charge in [0.25, 0.3) is 0 Å². The fourth-order valence-corrected chi connectivity index (χ4v) is 3.07. The third-order valence-corrected chi connectivity index (χ3v) is 4.55. The molecule has 7 heteroatoms. The van der Waals surface area contributed by atoms with Crippen LogP contribution in [0.2, 0.25) is 10.0 Å². The molecule has 2 N–H and O–H groups in total. The van der Waals surface area contributed by atoms with Crippen LogP contribution in [0.25, 0.3) is 0 Å². The van der Waals surface area contributed by atoms with E-state index in [1.165, 1.54) is 0 Å². The van der Waals surface area contributed by atoms with E-state index in [1.54, 1.807) is 19.2 Å². The zero-order chi connectivity index (χ0) is 17.9. The molecule has 0 saturated heterocycles. The molecule has 0 aliphatic rings. The number of nitrogens with one attached hydrogen (secondary N) is 1. The number of rotatable bonds is 6. The summed E-state index contributed by atoms with van der Waals surface area (Å²) >= 11 is 15.4. The second kappa shape index (κ2) is 8.19. The Bertz CT molecular complexity index is 715. The Kier molecular flexibility index (Phi) is 6.49. The van der Waals surface area contributed by atoms with Crippen LogP contribution in [0.5, 0.6) is 17.2 Å². The van der Waals surface area contributed by atoms with Crippen LogP contribution in [-0.2, 0) is 6.54 Å². The van der Waals surface area contributed by atoms with E-state index >= 15 is 0 Å². The number of aromatic hydroxyl groups is 1. The summed E-state index contributed by atoms with van der Waals surface area (Å²) in [7, 11) is 1.60. The summed E-state index contributed by atoms with van der Waals surface area (Å²) in [5, 5.41) is 13.2. The van der Waals surface area contributed by atoms with Crippen molar-refractivity contribution in [2.24, 2.45) is 0 Å². The molecule has 0 unspecified atom stereocenters. The molecule has 0 heterocycles. The Balaban J connectivity index is 2.32. The Morgan fingerprint density at radius 1 is 1.21 bits per heavy atom. The number of halogens is 3. The van der Waals surface area contributed by atoms with E-state index in [0.29, 0.717) is 23.7 Å². The van der Waals surface area contributed by atoms with Crippen molar-refractivity contribution in [3.05, 3.63) is 44.3 Å². The van der Waals surface area contributed by atoms with Crippen LogP contribution in [0.15, 0.2) is 28.7 Å². The monoisotopic (exact) mass is 433 g/mol. The van der Waals surface area contributed by atoms with Crippen molar-refractivity contribution >= 4 is 44.8 Å². The molecular formula is C17H18BrCl2NO3. The number of benzene rings is 2. The maximum Gasteiger partial charge on any atom is 0.167 e. The third-order valence-electron chi connectivity index (χ3n) is 3.23. The van der Waals surface area contributed by atoms with Crippen LogP contribution >= 0.6 is 39.1 Å². The first-order valence-corrected chi connectivity index (χ1v) is 8.82. The van der Waals surface area contributed by atoms with E-state index in [2.05, 4.69) is 21.2 Å². The lowest BCUT2D eigenvalue weighted by atomic mass is 10.1. The van der Waals surface area contributed by atoms with Crippen molar-refractivity contribution in [1.82, 2.24) is 0 Å². The Hall–Kier alpha value is -1.30. The van der Waals surface area contributed by atoms with Crippen LogP contribution in [0.1, 0.15) is 19.4 Å². The fourth-order valence-electron chi connectivity index (χ4n) is 2.13. The fraction of sp³-hybridized carbons (Fsp3) is 0.294. The first-order chi connectivity index (χ1) is 11.3. The number of hydrogen-bond donors (Lipinski definition) is 2. The van der Waals surface area contributed by atoms with Crippen LogP contribution in [0.3, 0.4) is 0 Å². The summed E-state index contributed by atoms with van der Waals surface area (Å²) in [4.78, 5) is 0. The molecule has 0 spiro atoms. The summed E-state index contributed by atoms with van der Waals surface area (Å²) in [6.45, 7) is 4.37. The van der Waals surface area contributed by atoms with Crippen LogP contribution in [0.4, 0.5) is 5.69 Å². The van der Waals surface area contributed by atoms with E-state index in [4.69, 9.17) is 32.7 Å². The highest BCUT2D eigenvalue weighted by molar-refractivity contribution is 9.10. The van der Waals surface area contributed by atoms with Gasteiger partial charge in [-0.25, -0.2) is 0 Å². The Morgan fingerprint density at radius 2 is 1.83 bits per heavy atom. The summed E-state index contributed by atoms with van der Waals surface area (Å²) in [6, 6.07) is 6.97. The van der Waals surface area contributed by atoms with Gasteiger partial charge in [-0.2, -0.15) is 0 Å². The molecule has 0 saturated carbocycles. The Morgan fingerprint density at radius 3 is 2.38 bits per heavy atom. The smallest absolute Gasteiger partial charge is 0.167 e. The van der Waals surface area contributed by atoms with E-state index in [-0.39, 0.29) is 21.9 Å². The second-order valence-electron chi connectivity index (χ2n) is 5.37. The molecule has 0 bridgehead atoms. The van der Waals surface area contributed by atoms with Crippen molar-refractivity contribution in [3.8, 4) is 17.2 Å². The van der Waals surface area contributed by atoms with Crippen molar-refractivity contribution < 1.29 is 14.6 Å². The maximum atomic E-state index is 9.64. The number of phenolic OH excluding ortho intramolecular Hbond substituents is 1. The summed E-state index contributed by atoms with van der Waals surface area (Å²) in [5.74, 6) is 1.20. The van der Waals surface area contributed by atoms with Gasteiger partial charge in [0, 0.05) is 22.3 Å². The normalized spacial score (nSPS) is 10.8. The molecule has 0 radical (unpaired) electrons. The number of ether oxygens (including phenoxy) is 2. The zero-order valence-electron chi connectivity index (χ0n) is 13.5. The number of methoxy groups -OCH3 is 1. The lowest BCUT2D eigenvalue weighted by molar-refractivity contribution is 0.227. The van der Waals surface area contributed by atoms with Crippen LogP contribution in [0, 0.1) is 0 Å². The van der Waals surface area contributed by atoms with Crippen molar-refractivity contribution in [1.29, 1.82) is 0 Å². The molecule has 130 valence electrons. The first kappa shape index (κ1) is 19.0. The van der Waals surface area contributed by atoms with Crippen LogP contribution < -0.4 is 14.8 Å². The molecule has 0 aromatic heterocycles. The summed E-state index contributed by atoms with van der Waals surface area (Å²) in [6.07, 6.45) is 0.00418. The van der Waals surface area contributed by atoms with Crippen molar-refractivity contribution in [2.45, 2.75) is 26.5 Å². The van der Waals surface area contributed by atoms with Gasteiger partial charge in [-0.1, -0.05) is 39.1 Å². The highest BCUT2D eigenvalue weighted by Crippen LogP contribution is 2.38.